The first kappa shape index (κ1) is 15.1. The van der Waals surface area contributed by atoms with Gasteiger partial charge in [-0.05, 0) is 26.0 Å². The van der Waals surface area contributed by atoms with Gasteiger partial charge in [0, 0.05) is 5.56 Å². The maximum absolute atomic E-state index is 12.3. The number of hydrogen-bond acceptors (Lipinski definition) is 3. The van der Waals surface area contributed by atoms with Gasteiger partial charge in [-0.1, -0.05) is 47.5 Å². The molecule has 0 radical (unpaired) electrons. The van der Waals surface area contributed by atoms with Gasteiger partial charge in [-0.25, -0.2) is 0 Å². The maximum atomic E-state index is 12.3. The number of ether oxygens (including phenoxy) is 1. The minimum atomic E-state index is -0.696. The number of hydrogen-bond donors (Lipinski definition) is 0. The highest BCUT2D eigenvalue weighted by Gasteiger charge is 2.19. The molecule has 0 aliphatic heterocycles. The molecule has 0 fully saturated rings. The normalized spacial score (nSPS) is 11.5. The number of halogens is 1. The number of nitriles is 1. The Hall–Kier alpha value is -2.31. The van der Waals surface area contributed by atoms with Gasteiger partial charge in [0.2, 0.25) is 5.78 Å². The second kappa shape index (κ2) is 6.43. The van der Waals surface area contributed by atoms with Crippen molar-refractivity contribution < 1.29 is 9.53 Å². The average Bonchev–Trinajstić information content (AvgIpc) is 2.47. The first-order valence-electron chi connectivity index (χ1n) is 6.49. The summed E-state index contributed by atoms with van der Waals surface area (Å²) >= 11 is 5.94. The summed E-state index contributed by atoms with van der Waals surface area (Å²) in [7, 11) is 0. The smallest absolute Gasteiger partial charge is 0.202 e. The van der Waals surface area contributed by atoms with Gasteiger partial charge in [0.15, 0.2) is 6.10 Å². The average molecular weight is 300 g/mol. The summed E-state index contributed by atoms with van der Waals surface area (Å²) < 4.78 is 5.61. The van der Waals surface area contributed by atoms with Crippen LogP contribution in [0.15, 0.2) is 42.5 Å². The Morgan fingerprint density at radius 3 is 2.52 bits per heavy atom. The number of nitrogens with zero attached hydrogens (tertiary/aromatic N) is 1. The van der Waals surface area contributed by atoms with Crippen LogP contribution in [0, 0.1) is 18.3 Å². The Morgan fingerprint density at radius 1 is 1.24 bits per heavy atom. The molecule has 4 heteroatoms. The van der Waals surface area contributed by atoms with E-state index in [9.17, 15) is 4.79 Å². The number of aryl methyl sites for hydroxylation is 1. The topological polar surface area (TPSA) is 50.1 Å². The lowest BCUT2D eigenvalue weighted by Gasteiger charge is -2.15. The molecule has 0 aliphatic rings. The number of carbonyl (C=O) groups excluding carboxylic acids is 1. The third-order valence-corrected chi connectivity index (χ3v) is 3.41. The van der Waals surface area contributed by atoms with Gasteiger partial charge in [-0.3, -0.25) is 4.79 Å². The predicted octanol–water partition coefficient (Wildman–Crippen LogP) is 4.17. The van der Waals surface area contributed by atoms with E-state index in [4.69, 9.17) is 21.6 Å². The van der Waals surface area contributed by atoms with E-state index in [2.05, 4.69) is 0 Å². The molecule has 0 N–H and O–H groups in total. The van der Waals surface area contributed by atoms with Gasteiger partial charge in [-0.15, -0.1) is 0 Å². The minimum absolute atomic E-state index is 0.140. The van der Waals surface area contributed by atoms with E-state index in [1.165, 1.54) is 0 Å². The van der Waals surface area contributed by atoms with Crippen molar-refractivity contribution >= 4 is 17.4 Å². The molecule has 0 spiro atoms. The summed E-state index contributed by atoms with van der Waals surface area (Å²) in [5, 5.41) is 9.41. The fourth-order valence-corrected chi connectivity index (χ4v) is 2.12. The summed E-state index contributed by atoms with van der Waals surface area (Å²) in [6.07, 6.45) is -0.696. The van der Waals surface area contributed by atoms with Gasteiger partial charge in [0.25, 0.3) is 0 Å². The Balaban J connectivity index is 2.20. The quantitative estimate of drug-likeness (QED) is 0.796. The van der Waals surface area contributed by atoms with Crippen LogP contribution in [0.3, 0.4) is 0 Å². The van der Waals surface area contributed by atoms with Crippen LogP contribution in [-0.4, -0.2) is 11.9 Å². The van der Waals surface area contributed by atoms with Crippen molar-refractivity contribution in [1.82, 2.24) is 0 Å². The van der Waals surface area contributed by atoms with Crippen molar-refractivity contribution in [3.05, 3.63) is 64.2 Å². The Kier molecular flexibility index (Phi) is 4.62. The lowest BCUT2D eigenvalue weighted by atomic mass is 10.1. The zero-order valence-electron chi connectivity index (χ0n) is 11.8. The Bertz CT molecular complexity index is 702. The molecule has 0 saturated carbocycles. The molecule has 0 heterocycles. The van der Waals surface area contributed by atoms with E-state index >= 15 is 0 Å². The third kappa shape index (κ3) is 3.42. The summed E-state index contributed by atoms with van der Waals surface area (Å²) in [5.74, 6) is 0.178. The number of Topliss-reactive ketones (excluding diaryl/α,β-unsaturated/α-hetero) is 1. The molecule has 2 rings (SSSR count). The van der Waals surface area contributed by atoms with Gasteiger partial charge < -0.3 is 4.74 Å². The van der Waals surface area contributed by atoms with Crippen molar-refractivity contribution in [2.24, 2.45) is 0 Å². The number of carbonyl (C=O) groups is 1. The zero-order valence-corrected chi connectivity index (χ0v) is 12.5. The van der Waals surface area contributed by atoms with E-state index in [0.29, 0.717) is 16.3 Å². The molecule has 0 aromatic heterocycles. The monoisotopic (exact) mass is 299 g/mol. The fourth-order valence-electron chi connectivity index (χ4n) is 1.91. The SMILES string of the molecule is Cc1ccc(C(=O)C(C)Oc2cccc(Cl)c2C#N)cc1. The molecule has 21 heavy (non-hydrogen) atoms. The molecular weight excluding hydrogens is 286 g/mol. The molecule has 0 aliphatic carbocycles. The van der Waals surface area contributed by atoms with Crippen LogP contribution in [0.2, 0.25) is 5.02 Å². The highest BCUT2D eigenvalue weighted by molar-refractivity contribution is 6.31. The van der Waals surface area contributed by atoms with E-state index in [1.807, 2.05) is 25.1 Å². The molecular formula is C17H14ClNO2. The molecule has 1 atom stereocenters. The van der Waals surface area contributed by atoms with Gasteiger partial charge in [0.1, 0.15) is 17.4 Å². The van der Waals surface area contributed by atoms with Crippen LogP contribution < -0.4 is 4.74 Å². The summed E-state index contributed by atoms with van der Waals surface area (Å²) in [6.45, 7) is 3.61. The first-order chi connectivity index (χ1) is 10.0. The van der Waals surface area contributed by atoms with Gasteiger partial charge in [-0.2, -0.15) is 5.26 Å². The summed E-state index contributed by atoms with van der Waals surface area (Å²) in [4.78, 5) is 12.3. The van der Waals surface area contributed by atoms with Crippen LogP contribution in [0.25, 0.3) is 0 Å². The van der Waals surface area contributed by atoms with Crippen molar-refractivity contribution in [2.45, 2.75) is 20.0 Å². The van der Waals surface area contributed by atoms with Crippen molar-refractivity contribution in [2.75, 3.05) is 0 Å². The van der Waals surface area contributed by atoms with Crippen LogP contribution >= 0.6 is 11.6 Å². The van der Waals surface area contributed by atoms with E-state index in [0.717, 1.165) is 5.56 Å². The van der Waals surface area contributed by atoms with E-state index in [-0.39, 0.29) is 11.3 Å². The predicted molar refractivity (Wildman–Crippen MR) is 81.8 cm³/mol. The lowest BCUT2D eigenvalue weighted by molar-refractivity contribution is 0.0817. The number of rotatable bonds is 4. The summed E-state index contributed by atoms with van der Waals surface area (Å²) in [5.41, 5.74) is 1.90. The van der Waals surface area contributed by atoms with E-state index < -0.39 is 6.10 Å². The van der Waals surface area contributed by atoms with Crippen LogP contribution in [0.1, 0.15) is 28.4 Å². The number of ketones is 1. The zero-order chi connectivity index (χ0) is 15.4. The van der Waals surface area contributed by atoms with Crippen molar-refractivity contribution in [3.8, 4) is 11.8 Å². The highest BCUT2D eigenvalue weighted by atomic mass is 35.5. The Morgan fingerprint density at radius 2 is 1.90 bits per heavy atom. The molecule has 2 aromatic rings. The van der Waals surface area contributed by atoms with Crippen LogP contribution in [-0.2, 0) is 0 Å². The molecule has 1 unspecified atom stereocenters. The summed E-state index contributed by atoms with van der Waals surface area (Å²) in [6, 6.07) is 14.2. The second-order valence-electron chi connectivity index (χ2n) is 4.72. The van der Waals surface area contributed by atoms with Crippen molar-refractivity contribution in [3.63, 3.8) is 0 Å². The van der Waals surface area contributed by atoms with Gasteiger partial charge >= 0.3 is 0 Å². The van der Waals surface area contributed by atoms with E-state index in [1.54, 1.807) is 37.3 Å². The molecule has 2 aromatic carbocycles. The second-order valence-corrected chi connectivity index (χ2v) is 5.12. The van der Waals surface area contributed by atoms with Gasteiger partial charge in [0.05, 0.1) is 5.02 Å². The third-order valence-electron chi connectivity index (χ3n) is 3.10. The van der Waals surface area contributed by atoms with Crippen LogP contribution in [0.4, 0.5) is 0 Å². The molecule has 106 valence electrons. The standard InChI is InChI=1S/C17H14ClNO2/c1-11-6-8-13(9-7-11)17(20)12(2)21-16-5-3-4-15(18)14(16)10-19/h3-9,12H,1-2H3. The van der Waals surface area contributed by atoms with Crippen LogP contribution in [0.5, 0.6) is 5.75 Å². The molecule has 0 bridgehead atoms. The maximum Gasteiger partial charge on any atom is 0.202 e. The largest absolute Gasteiger partial charge is 0.481 e. The first-order valence-corrected chi connectivity index (χ1v) is 6.87. The molecule has 3 nitrogen and oxygen atoms in total. The minimum Gasteiger partial charge on any atom is -0.481 e. The fraction of sp³-hybridized carbons (Fsp3) is 0.176. The lowest BCUT2D eigenvalue weighted by Crippen LogP contribution is -2.24. The molecule has 0 amide bonds. The van der Waals surface area contributed by atoms with Crippen molar-refractivity contribution in [1.29, 1.82) is 5.26 Å². The number of benzene rings is 2. The Labute approximate surface area is 128 Å². The molecule has 0 saturated heterocycles. The highest BCUT2D eigenvalue weighted by Crippen LogP contribution is 2.26.